The number of carbonyl (C=O) groups excluding carboxylic acids is 2. The first-order valence-corrected chi connectivity index (χ1v) is 11.9. The molecule has 1 aliphatic heterocycles. The summed E-state index contributed by atoms with van der Waals surface area (Å²) >= 11 is 0. The Kier molecular flexibility index (Phi) is 10.4. The molecule has 1 heterocycles. The van der Waals surface area contributed by atoms with Crippen LogP contribution in [0.1, 0.15) is 110 Å². The third-order valence-corrected chi connectivity index (χ3v) is 6.07. The van der Waals surface area contributed by atoms with Crippen LogP contribution in [0, 0.1) is 0 Å². The van der Waals surface area contributed by atoms with Gasteiger partial charge in [0.05, 0.1) is 18.3 Å². The van der Waals surface area contributed by atoms with Crippen LogP contribution in [0.25, 0.3) is 0 Å². The number of hydrogen-bond donors (Lipinski definition) is 1. The first-order chi connectivity index (χ1) is 14.1. The molecule has 0 aromatic carbocycles. The van der Waals surface area contributed by atoms with Crippen LogP contribution in [-0.2, 0) is 9.59 Å². The van der Waals surface area contributed by atoms with Crippen LogP contribution in [0.15, 0.2) is 16.3 Å². The molecule has 1 aliphatic carbocycles. The van der Waals surface area contributed by atoms with Gasteiger partial charge in [0.25, 0.3) is 5.91 Å². The standard InChI is InChI=1S/C24H40N2O3/c1-3-5-7-12-16-20(25-19-14-10-9-11-15-19)23-21(27)18-26(24(23)29)22(28)17-13-8-6-4-2/h19,27H,3-18H2,1-2H3. The van der Waals surface area contributed by atoms with Gasteiger partial charge in [-0.1, -0.05) is 71.6 Å². The Morgan fingerprint density at radius 3 is 2.21 bits per heavy atom. The second kappa shape index (κ2) is 12.8. The first kappa shape index (κ1) is 23.6. The van der Waals surface area contributed by atoms with Crippen molar-refractivity contribution < 1.29 is 14.7 Å². The van der Waals surface area contributed by atoms with Gasteiger partial charge in [0.1, 0.15) is 11.3 Å². The SMILES string of the molecule is CCCCCCC(=O)N1CC(O)=C(C(CCCCCC)=NC2CCCCC2)C1=O. The molecule has 0 aromatic heterocycles. The number of rotatable bonds is 12. The molecule has 0 saturated heterocycles. The van der Waals surface area contributed by atoms with Crippen molar-refractivity contribution in [3.63, 3.8) is 0 Å². The van der Waals surface area contributed by atoms with Crippen LogP contribution in [0.3, 0.4) is 0 Å². The molecule has 5 nitrogen and oxygen atoms in total. The molecular formula is C24H40N2O3. The summed E-state index contributed by atoms with van der Waals surface area (Å²) in [7, 11) is 0. The van der Waals surface area contributed by atoms with Crippen LogP contribution in [0.2, 0.25) is 0 Å². The molecule has 0 unspecified atom stereocenters. The van der Waals surface area contributed by atoms with Crippen molar-refractivity contribution in [2.24, 2.45) is 4.99 Å². The van der Waals surface area contributed by atoms with Gasteiger partial charge in [-0.25, -0.2) is 0 Å². The Morgan fingerprint density at radius 2 is 1.59 bits per heavy atom. The number of aliphatic imine (C=N–C) groups is 1. The molecule has 2 amide bonds. The van der Waals surface area contributed by atoms with E-state index >= 15 is 0 Å². The fraction of sp³-hybridized carbons (Fsp3) is 0.792. The van der Waals surface area contributed by atoms with Crippen LogP contribution < -0.4 is 0 Å². The molecule has 2 rings (SSSR count). The lowest BCUT2D eigenvalue weighted by atomic mass is 9.95. The van der Waals surface area contributed by atoms with Gasteiger partial charge in [0.2, 0.25) is 5.91 Å². The molecule has 1 N–H and O–H groups in total. The highest BCUT2D eigenvalue weighted by molar-refractivity contribution is 6.26. The van der Waals surface area contributed by atoms with E-state index in [4.69, 9.17) is 4.99 Å². The van der Waals surface area contributed by atoms with Gasteiger partial charge >= 0.3 is 0 Å². The zero-order chi connectivity index (χ0) is 21.1. The summed E-state index contributed by atoms with van der Waals surface area (Å²) in [6.45, 7) is 4.32. The van der Waals surface area contributed by atoms with Crippen molar-refractivity contribution in [2.45, 2.75) is 116 Å². The van der Waals surface area contributed by atoms with E-state index in [1.165, 1.54) is 24.2 Å². The smallest absolute Gasteiger partial charge is 0.266 e. The van der Waals surface area contributed by atoms with Crippen molar-refractivity contribution in [3.05, 3.63) is 11.3 Å². The molecule has 0 aromatic rings. The van der Waals surface area contributed by atoms with E-state index in [1.807, 2.05) is 0 Å². The molecule has 1 fully saturated rings. The molecule has 0 atom stereocenters. The number of unbranched alkanes of at least 4 members (excludes halogenated alkanes) is 6. The second-order valence-electron chi connectivity index (χ2n) is 8.60. The molecule has 1 saturated carbocycles. The number of carbonyl (C=O) groups is 2. The van der Waals surface area contributed by atoms with Crippen molar-refractivity contribution in [1.82, 2.24) is 4.90 Å². The highest BCUT2D eigenvalue weighted by atomic mass is 16.3. The van der Waals surface area contributed by atoms with Crippen molar-refractivity contribution in [2.75, 3.05) is 6.54 Å². The number of nitrogens with zero attached hydrogens (tertiary/aromatic N) is 2. The Balaban J connectivity index is 2.07. The molecule has 0 spiro atoms. The lowest BCUT2D eigenvalue weighted by molar-refractivity contribution is -0.140. The van der Waals surface area contributed by atoms with Gasteiger partial charge in [-0.15, -0.1) is 0 Å². The minimum Gasteiger partial charge on any atom is -0.509 e. The Bertz CT molecular complexity index is 603. The largest absolute Gasteiger partial charge is 0.509 e. The molecule has 0 radical (unpaired) electrons. The van der Waals surface area contributed by atoms with E-state index in [9.17, 15) is 14.7 Å². The third kappa shape index (κ3) is 7.27. The second-order valence-corrected chi connectivity index (χ2v) is 8.60. The van der Waals surface area contributed by atoms with Gasteiger partial charge in [-0.2, -0.15) is 0 Å². The fourth-order valence-corrected chi connectivity index (χ4v) is 4.29. The average molecular weight is 405 g/mol. The maximum atomic E-state index is 13.0. The molecular weight excluding hydrogens is 364 g/mol. The van der Waals surface area contributed by atoms with E-state index in [0.29, 0.717) is 18.4 Å². The summed E-state index contributed by atoms with van der Waals surface area (Å²) in [4.78, 5) is 31.7. The van der Waals surface area contributed by atoms with E-state index in [1.54, 1.807) is 0 Å². The molecule has 5 heteroatoms. The number of amides is 2. The fourth-order valence-electron chi connectivity index (χ4n) is 4.29. The number of aliphatic hydroxyl groups excluding tert-OH is 1. The predicted molar refractivity (Wildman–Crippen MR) is 118 cm³/mol. The zero-order valence-electron chi connectivity index (χ0n) is 18.5. The molecule has 2 aliphatic rings. The molecule has 29 heavy (non-hydrogen) atoms. The normalized spacial score (nSPS) is 18.8. The molecule has 164 valence electrons. The topological polar surface area (TPSA) is 70.0 Å². The lowest BCUT2D eigenvalue weighted by Gasteiger charge is -2.20. The third-order valence-electron chi connectivity index (χ3n) is 6.07. The van der Waals surface area contributed by atoms with Gasteiger partial charge < -0.3 is 5.11 Å². The van der Waals surface area contributed by atoms with E-state index in [-0.39, 0.29) is 30.2 Å². The van der Waals surface area contributed by atoms with Gasteiger partial charge in [-0.05, 0) is 32.1 Å². The van der Waals surface area contributed by atoms with Gasteiger partial charge in [-0.3, -0.25) is 19.5 Å². The number of imide groups is 1. The van der Waals surface area contributed by atoms with Crippen LogP contribution >= 0.6 is 0 Å². The zero-order valence-corrected chi connectivity index (χ0v) is 18.5. The molecule has 0 bridgehead atoms. The maximum Gasteiger partial charge on any atom is 0.266 e. The van der Waals surface area contributed by atoms with Crippen LogP contribution in [-0.4, -0.2) is 40.1 Å². The van der Waals surface area contributed by atoms with Crippen molar-refractivity contribution in [3.8, 4) is 0 Å². The van der Waals surface area contributed by atoms with Gasteiger partial charge in [0, 0.05) is 6.42 Å². The highest BCUT2D eigenvalue weighted by Crippen LogP contribution is 2.26. The summed E-state index contributed by atoms with van der Waals surface area (Å²) in [5.74, 6) is -0.481. The maximum absolute atomic E-state index is 13.0. The Labute approximate surface area is 176 Å². The average Bonchev–Trinajstić information content (AvgIpc) is 3.02. The first-order valence-electron chi connectivity index (χ1n) is 11.9. The lowest BCUT2D eigenvalue weighted by Crippen LogP contribution is -2.35. The van der Waals surface area contributed by atoms with Crippen LogP contribution in [0.4, 0.5) is 0 Å². The van der Waals surface area contributed by atoms with E-state index in [0.717, 1.165) is 69.9 Å². The van der Waals surface area contributed by atoms with E-state index in [2.05, 4.69) is 13.8 Å². The summed E-state index contributed by atoms with van der Waals surface area (Å²) in [5, 5.41) is 10.6. The monoisotopic (exact) mass is 404 g/mol. The minimum absolute atomic E-state index is 0.0133. The van der Waals surface area contributed by atoms with Crippen molar-refractivity contribution >= 4 is 17.5 Å². The Hall–Kier alpha value is -1.65. The van der Waals surface area contributed by atoms with Crippen LogP contribution in [0.5, 0.6) is 0 Å². The predicted octanol–water partition coefficient (Wildman–Crippen LogP) is 5.88. The summed E-state index contributed by atoms with van der Waals surface area (Å²) in [5.41, 5.74) is 1.05. The highest BCUT2D eigenvalue weighted by Gasteiger charge is 2.36. The summed E-state index contributed by atoms with van der Waals surface area (Å²) in [6, 6.07) is 0.247. The van der Waals surface area contributed by atoms with Gasteiger partial charge in [0.15, 0.2) is 0 Å². The van der Waals surface area contributed by atoms with Crippen molar-refractivity contribution in [1.29, 1.82) is 0 Å². The summed E-state index contributed by atoms with van der Waals surface area (Å²) in [6.07, 6.45) is 15.2. The summed E-state index contributed by atoms with van der Waals surface area (Å²) < 4.78 is 0. The quantitative estimate of drug-likeness (QED) is 0.326. The minimum atomic E-state index is -0.340. The number of hydrogen-bond acceptors (Lipinski definition) is 4. The Morgan fingerprint density at radius 1 is 0.966 bits per heavy atom. The number of aliphatic hydroxyl groups is 1. The van der Waals surface area contributed by atoms with E-state index < -0.39 is 0 Å².